The second-order valence-corrected chi connectivity index (χ2v) is 5.32. The molecule has 0 nitrogen and oxygen atoms in total. The summed E-state index contributed by atoms with van der Waals surface area (Å²) < 4.78 is 162. The zero-order chi connectivity index (χ0) is 18.4. The standard InChI is InChI=1S/C8H4F13.Sn.H/c1-2(9)4(12,13)6(16,17)8(20,21)7(18,19)5(14,15)3(10)11;;/h2-3H,1H2;;. The third-order valence-corrected chi connectivity index (χ3v) is 3.68. The van der Waals surface area contributed by atoms with Crippen LogP contribution >= 0.6 is 0 Å². The van der Waals surface area contributed by atoms with E-state index in [2.05, 4.69) is 0 Å². The number of hydrogen-bond acceptors (Lipinski definition) is 0. The van der Waals surface area contributed by atoms with E-state index in [1.807, 2.05) is 0 Å². The Kier molecular flexibility index (Phi) is 6.04. The first-order valence-electron chi connectivity index (χ1n) is 4.94. The van der Waals surface area contributed by atoms with Gasteiger partial charge in [-0.3, -0.25) is 0 Å². The molecular formula is C8H5F13Sn. The molecule has 0 N–H and O–H groups in total. The number of hydrogen-bond donors (Lipinski definition) is 0. The molecule has 0 aromatic rings. The van der Waals surface area contributed by atoms with Crippen molar-refractivity contribution in [3.8, 4) is 0 Å². The van der Waals surface area contributed by atoms with E-state index in [-0.39, 0.29) is 0 Å². The van der Waals surface area contributed by atoms with Crippen molar-refractivity contribution in [1.29, 1.82) is 0 Å². The predicted octanol–water partition coefficient (Wildman–Crippen LogP) is 4.09. The van der Waals surface area contributed by atoms with Crippen molar-refractivity contribution in [2.45, 2.75) is 46.6 Å². The summed E-state index contributed by atoms with van der Waals surface area (Å²) in [4.78, 5) is 0. The molecule has 0 aliphatic carbocycles. The van der Waals surface area contributed by atoms with Crippen molar-refractivity contribution in [3.05, 3.63) is 0 Å². The van der Waals surface area contributed by atoms with Crippen LogP contribution in [0.3, 0.4) is 0 Å². The van der Waals surface area contributed by atoms with Crippen LogP contribution in [0.15, 0.2) is 0 Å². The van der Waals surface area contributed by atoms with Gasteiger partial charge in [0.25, 0.3) is 0 Å². The minimum atomic E-state index is -7.65. The fraction of sp³-hybridized carbons (Fsp3) is 1.00. The molecule has 0 aromatic heterocycles. The Morgan fingerprint density at radius 3 is 1.18 bits per heavy atom. The molecule has 1 atom stereocenters. The van der Waals surface area contributed by atoms with Crippen LogP contribution in [0.5, 0.6) is 0 Å². The van der Waals surface area contributed by atoms with Crippen LogP contribution < -0.4 is 0 Å². The molecular weight excluding hydrogens is 462 g/mol. The first-order chi connectivity index (χ1) is 9.42. The van der Waals surface area contributed by atoms with Gasteiger partial charge in [-0.25, -0.2) is 0 Å². The van der Waals surface area contributed by atoms with Crippen molar-refractivity contribution in [2.24, 2.45) is 0 Å². The molecule has 0 aliphatic rings. The Labute approximate surface area is 127 Å². The third kappa shape index (κ3) is 2.85. The number of alkyl halides is 13. The molecule has 0 fully saturated rings. The summed E-state index contributed by atoms with van der Waals surface area (Å²) in [5.74, 6) is -36.1. The van der Waals surface area contributed by atoms with Crippen LogP contribution in [0.2, 0.25) is 4.44 Å². The van der Waals surface area contributed by atoms with Crippen LogP contribution in [0, 0.1) is 0 Å². The van der Waals surface area contributed by atoms with Gasteiger partial charge in [0.2, 0.25) is 0 Å². The van der Waals surface area contributed by atoms with Crippen molar-refractivity contribution >= 4 is 22.5 Å². The molecule has 0 saturated carbocycles. The Balaban J connectivity index is 6.11. The summed E-state index contributed by atoms with van der Waals surface area (Å²) >= 11 is -0.521. The van der Waals surface area contributed by atoms with E-state index in [1.54, 1.807) is 0 Å². The van der Waals surface area contributed by atoms with Crippen molar-refractivity contribution in [3.63, 3.8) is 0 Å². The summed E-state index contributed by atoms with van der Waals surface area (Å²) in [6, 6.07) is 0. The van der Waals surface area contributed by atoms with Crippen LogP contribution in [0.4, 0.5) is 57.1 Å². The molecule has 0 heterocycles. The quantitative estimate of drug-likeness (QED) is 0.392. The average molecular weight is 467 g/mol. The van der Waals surface area contributed by atoms with Crippen LogP contribution in [-0.2, 0) is 0 Å². The van der Waals surface area contributed by atoms with E-state index in [9.17, 15) is 57.1 Å². The van der Waals surface area contributed by atoms with Gasteiger partial charge in [-0.15, -0.1) is 0 Å². The van der Waals surface area contributed by atoms with Crippen molar-refractivity contribution in [1.82, 2.24) is 0 Å². The van der Waals surface area contributed by atoms with Gasteiger partial charge in [-0.05, 0) is 0 Å². The molecule has 2 radical (unpaired) electrons. The molecule has 0 aromatic carbocycles. The first-order valence-corrected chi connectivity index (χ1v) is 7.27. The van der Waals surface area contributed by atoms with E-state index < -0.39 is 69.2 Å². The van der Waals surface area contributed by atoms with Crippen LogP contribution in [0.25, 0.3) is 0 Å². The van der Waals surface area contributed by atoms with Gasteiger partial charge in [0, 0.05) is 0 Å². The normalized spacial score (nSPS) is 17.0. The molecule has 1 unspecified atom stereocenters. The molecule has 132 valence electrons. The maximum absolute atomic E-state index is 12.9. The second kappa shape index (κ2) is 6.07. The number of halogens is 13. The SMILES string of the molecule is FC(F)C(F)(F)C(F)(F)C(F)(F)C(F)(F)C(F)(F)C(F)[CH2][SnH]. The van der Waals surface area contributed by atoms with Crippen molar-refractivity contribution in [2.75, 3.05) is 0 Å². The summed E-state index contributed by atoms with van der Waals surface area (Å²) in [5, 5.41) is 0. The molecule has 0 aliphatic heterocycles. The second-order valence-electron chi connectivity index (χ2n) is 3.97. The van der Waals surface area contributed by atoms with Crippen LogP contribution in [-0.4, -0.2) is 64.7 Å². The van der Waals surface area contributed by atoms with E-state index >= 15 is 0 Å². The predicted molar refractivity (Wildman–Crippen MR) is 47.6 cm³/mol. The molecule has 0 bridgehead atoms. The van der Waals surface area contributed by atoms with Gasteiger partial charge in [-0.1, -0.05) is 0 Å². The van der Waals surface area contributed by atoms with E-state index in [0.717, 1.165) is 0 Å². The Morgan fingerprint density at radius 1 is 0.591 bits per heavy atom. The van der Waals surface area contributed by atoms with Gasteiger partial charge in [0.15, 0.2) is 0 Å². The Bertz CT molecular complexity index is 390. The summed E-state index contributed by atoms with van der Waals surface area (Å²) in [5.41, 5.74) is 0. The van der Waals surface area contributed by atoms with E-state index in [1.165, 1.54) is 0 Å². The molecule has 14 heteroatoms. The van der Waals surface area contributed by atoms with Gasteiger partial charge in [0.05, 0.1) is 0 Å². The zero-order valence-electron chi connectivity index (χ0n) is 9.85. The first kappa shape index (κ1) is 21.9. The van der Waals surface area contributed by atoms with Gasteiger partial charge in [-0.2, -0.15) is 0 Å². The molecule has 0 saturated heterocycles. The monoisotopic (exact) mass is 468 g/mol. The summed E-state index contributed by atoms with van der Waals surface area (Å²) in [6.45, 7) is 0. The summed E-state index contributed by atoms with van der Waals surface area (Å²) in [6.07, 6.45) is -9.61. The topological polar surface area (TPSA) is 0 Å². The fourth-order valence-corrected chi connectivity index (χ4v) is 1.94. The van der Waals surface area contributed by atoms with Crippen LogP contribution in [0.1, 0.15) is 0 Å². The van der Waals surface area contributed by atoms with Gasteiger partial charge < -0.3 is 0 Å². The molecule has 22 heavy (non-hydrogen) atoms. The number of rotatable bonds is 7. The molecule has 0 spiro atoms. The zero-order valence-corrected chi connectivity index (χ0v) is 13.1. The van der Waals surface area contributed by atoms with Crippen molar-refractivity contribution < 1.29 is 57.1 Å². The minimum absolute atomic E-state index is 0.521. The molecule has 0 amide bonds. The Morgan fingerprint density at radius 2 is 0.909 bits per heavy atom. The summed E-state index contributed by atoms with van der Waals surface area (Å²) in [7, 11) is 0. The van der Waals surface area contributed by atoms with E-state index in [0.29, 0.717) is 0 Å². The Hall–Kier alpha value is -0.111. The van der Waals surface area contributed by atoms with E-state index in [4.69, 9.17) is 0 Å². The van der Waals surface area contributed by atoms with Gasteiger partial charge >= 0.3 is 126 Å². The maximum atomic E-state index is 12.9. The third-order valence-electron chi connectivity index (χ3n) is 2.50. The van der Waals surface area contributed by atoms with Gasteiger partial charge in [0.1, 0.15) is 0 Å². The molecule has 0 rings (SSSR count). The average Bonchev–Trinajstić information content (AvgIpc) is 2.36. The fourth-order valence-electron chi connectivity index (χ4n) is 1.10.